The van der Waals surface area contributed by atoms with Gasteiger partial charge in [0, 0.05) is 12.8 Å². The minimum atomic E-state index is 0.900. The predicted octanol–water partition coefficient (Wildman–Crippen LogP) is 3.23. The second kappa shape index (κ2) is 6.68. The normalized spacial score (nSPS) is 17.5. The van der Waals surface area contributed by atoms with E-state index >= 15 is 0 Å². The summed E-state index contributed by atoms with van der Waals surface area (Å²) < 4.78 is 0. The molecular weight excluding hydrogens is 120 g/mol. The second-order valence-electron chi connectivity index (χ2n) is 2.54. The third kappa shape index (κ3) is 4.44. The molecule has 1 aliphatic rings. The summed E-state index contributed by atoms with van der Waals surface area (Å²) in [4.78, 5) is 0. The van der Waals surface area contributed by atoms with Crippen LogP contribution in [0.25, 0.3) is 0 Å². The van der Waals surface area contributed by atoms with Crippen LogP contribution < -0.4 is 0 Å². The van der Waals surface area contributed by atoms with Crippen LogP contribution in [0.15, 0.2) is 0 Å². The lowest BCUT2D eigenvalue weighted by molar-refractivity contribution is 0.515. The first kappa shape index (κ1) is 9.56. The van der Waals surface area contributed by atoms with Gasteiger partial charge in [-0.05, 0) is 18.8 Å². The van der Waals surface area contributed by atoms with Crippen molar-refractivity contribution in [2.75, 3.05) is 0 Å². The van der Waals surface area contributed by atoms with E-state index in [0.29, 0.717) is 0 Å². The number of hydrogen-bond donors (Lipinski definition) is 0. The maximum atomic E-state index is 3.13. The third-order valence-electron chi connectivity index (χ3n) is 1.65. The van der Waals surface area contributed by atoms with Crippen molar-refractivity contribution in [2.45, 2.75) is 46.5 Å². The highest BCUT2D eigenvalue weighted by atomic mass is 14.1. The molecule has 0 bridgehead atoms. The van der Waals surface area contributed by atoms with E-state index in [0.717, 1.165) is 18.8 Å². The monoisotopic (exact) mass is 138 g/mol. The van der Waals surface area contributed by atoms with Gasteiger partial charge in [0.25, 0.3) is 0 Å². The lowest BCUT2D eigenvalue weighted by Gasteiger charge is -2.02. The highest BCUT2D eigenvalue weighted by Crippen LogP contribution is 2.13. The van der Waals surface area contributed by atoms with Gasteiger partial charge in [0.15, 0.2) is 0 Å². The molecule has 0 atom stereocenters. The highest BCUT2D eigenvalue weighted by molar-refractivity contribution is 5.00. The van der Waals surface area contributed by atoms with Crippen molar-refractivity contribution in [1.82, 2.24) is 0 Å². The van der Waals surface area contributed by atoms with E-state index in [1.807, 2.05) is 13.8 Å². The van der Waals surface area contributed by atoms with Gasteiger partial charge in [0.05, 0.1) is 0 Å². The Morgan fingerprint density at radius 1 is 1.00 bits per heavy atom. The molecule has 0 aromatic rings. The Morgan fingerprint density at radius 3 is 1.80 bits per heavy atom. The topological polar surface area (TPSA) is 0 Å². The number of hydrogen-bond acceptors (Lipinski definition) is 0. The molecule has 0 fully saturated rings. The number of rotatable bonds is 0. The summed E-state index contributed by atoms with van der Waals surface area (Å²) in [5, 5.41) is 0. The fourth-order valence-electron chi connectivity index (χ4n) is 0.958. The molecule has 0 heteroatoms. The summed E-state index contributed by atoms with van der Waals surface area (Å²) in [6, 6.07) is 0. The van der Waals surface area contributed by atoms with Gasteiger partial charge in [-0.25, -0.2) is 0 Å². The van der Waals surface area contributed by atoms with E-state index in [9.17, 15) is 0 Å². The molecule has 0 aromatic carbocycles. The van der Waals surface area contributed by atoms with Crippen molar-refractivity contribution in [3.8, 4) is 11.8 Å². The molecule has 1 rings (SSSR count). The summed E-state index contributed by atoms with van der Waals surface area (Å²) in [7, 11) is 0. The van der Waals surface area contributed by atoms with Crippen molar-refractivity contribution >= 4 is 0 Å². The Hall–Kier alpha value is -0.440. The van der Waals surface area contributed by atoms with Crippen molar-refractivity contribution in [2.24, 2.45) is 5.92 Å². The molecule has 10 heavy (non-hydrogen) atoms. The van der Waals surface area contributed by atoms with Gasteiger partial charge < -0.3 is 0 Å². The van der Waals surface area contributed by atoms with Crippen molar-refractivity contribution in [1.29, 1.82) is 0 Å². The summed E-state index contributed by atoms with van der Waals surface area (Å²) in [5.74, 6) is 7.16. The van der Waals surface area contributed by atoms with Gasteiger partial charge in [-0.2, -0.15) is 0 Å². The Morgan fingerprint density at radius 2 is 1.40 bits per heavy atom. The molecule has 0 radical (unpaired) electrons. The molecule has 0 spiro atoms. The molecule has 0 nitrogen and oxygen atoms in total. The first-order valence-corrected chi connectivity index (χ1v) is 4.35. The third-order valence-corrected chi connectivity index (χ3v) is 1.65. The lowest BCUT2D eigenvalue weighted by Crippen LogP contribution is -1.89. The van der Waals surface area contributed by atoms with E-state index in [4.69, 9.17) is 0 Å². The van der Waals surface area contributed by atoms with E-state index in [-0.39, 0.29) is 0 Å². The lowest BCUT2D eigenvalue weighted by atomic mass is 10.0. The molecule has 0 aromatic heterocycles. The van der Waals surface area contributed by atoms with Gasteiger partial charge in [0.2, 0.25) is 0 Å². The van der Waals surface area contributed by atoms with Crippen LogP contribution in [-0.2, 0) is 0 Å². The minimum Gasteiger partial charge on any atom is -0.103 e. The zero-order valence-electron chi connectivity index (χ0n) is 7.41. The maximum absolute atomic E-state index is 3.13. The van der Waals surface area contributed by atoms with Gasteiger partial charge in [-0.3, -0.25) is 0 Å². The van der Waals surface area contributed by atoms with Crippen molar-refractivity contribution in [3.63, 3.8) is 0 Å². The van der Waals surface area contributed by atoms with Crippen LogP contribution in [0.2, 0.25) is 0 Å². The van der Waals surface area contributed by atoms with Crippen LogP contribution in [0.1, 0.15) is 46.5 Å². The second-order valence-corrected chi connectivity index (χ2v) is 2.54. The van der Waals surface area contributed by atoms with Crippen LogP contribution in [0.5, 0.6) is 0 Å². The SMILES string of the molecule is CC.CC1CCC#CCC1. The van der Waals surface area contributed by atoms with Crippen LogP contribution >= 0.6 is 0 Å². The standard InChI is InChI=1S/C8H12.C2H6/c1-8-6-4-2-3-5-7-8;1-2/h8H,4-7H2,1H3;1-2H3. The zero-order valence-corrected chi connectivity index (χ0v) is 7.41. The van der Waals surface area contributed by atoms with Crippen LogP contribution in [0, 0.1) is 17.8 Å². The minimum absolute atomic E-state index is 0.900. The Labute approximate surface area is 65.0 Å². The largest absolute Gasteiger partial charge is 0.103 e. The van der Waals surface area contributed by atoms with Crippen LogP contribution in [-0.4, -0.2) is 0 Å². The first-order chi connectivity index (χ1) is 4.89. The molecule has 0 amide bonds. The van der Waals surface area contributed by atoms with Gasteiger partial charge >= 0.3 is 0 Å². The Kier molecular flexibility index (Phi) is 6.38. The van der Waals surface area contributed by atoms with Crippen LogP contribution in [0.4, 0.5) is 0 Å². The average Bonchev–Trinajstić information content (AvgIpc) is 2.21. The van der Waals surface area contributed by atoms with Crippen molar-refractivity contribution < 1.29 is 0 Å². The molecule has 0 heterocycles. The van der Waals surface area contributed by atoms with E-state index in [1.165, 1.54) is 12.8 Å². The molecule has 0 unspecified atom stereocenters. The summed E-state index contributed by atoms with van der Waals surface area (Å²) in [5.41, 5.74) is 0. The van der Waals surface area contributed by atoms with E-state index < -0.39 is 0 Å². The Balaban J connectivity index is 0.000000371. The smallest absolute Gasteiger partial charge is 0.00912 e. The van der Waals surface area contributed by atoms with Crippen LogP contribution in [0.3, 0.4) is 0 Å². The van der Waals surface area contributed by atoms with Crippen molar-refractivity contribution in [3.05, 3.63) is 0 Å². The summed E-state index contributed by atoms with van der Waals surface area (Å²) >= 11 is 0. The van der Waals surface area contributed by atoms with Gasteiger partial charge in [-0.1, -0.05) is 20.8 Å². The summed E-state index contributed by atoms with van der Waals surface area (Å²) in [6.45, 7) is 6.30. The molecule has 0 saturated carbocycles. The maximum Gasteiger partial charge on any atom is 0.00912 e. The zero-order chi connectivity index (χ0) is 7.82. The van der Waals surface area contributed by atoms with E-state index in [1.54, 1.807) is 0 Å². The molecule has 0 aliphatic heterocycles. The van der Waals surface area contributed by atoms with E-state index in [2.05, 4.69) is 18.8 Å². The van der Waals surface area contributed by atoms with Gasteiger partial charge in [0.1, 0.15) is 0 Å². The molecule has 58 valence electrons. The predicted molar refractivity (Wildman–Crippen MR) is 46.8 cm³/mol. The Bertz CT molecular complexity index is 102. The molecule has 0 N–H and O–H groups in total. The average molecular weight is 138 g/mol. The highest BCUT2D eigenvalue weighted by Gasteiger charge is 2.00. The first-order valence-electron chi connectivity index (χ1n) is 4.35. The summed E-state index contributed by atoms with van der Waals surface area (Å²) in [6.07, 6.45) is 4.88. The van der Waals surface area contributed by atoms with Gasteiger partial charge in [-0.15, -0.1) is 11.8 Å². The fourth-order valence-corrected chi connectivity index (χ4v) is 0.958. The molecule has 0 saturated heterocycles. The molecule has 1 aliphatic carbocycles. The quantitative estimate of drug-likeness (QED) is 0.451. The fraction of sp³-hybridized carbons (Fsp3) is 0.800. The molecular formula is C10H18.